The molecule has 10 heteroatoms. The summed E-state index contributed by atoms with van der Waals surface area (Å²) in [6, 6.07) is 0. The Labute approximate surface area is 103 Å². The SMILES string of the molecule is NC(=O)[S-].NC(=O)[S-].NC(=O)[S-].[V]. The molecule has 0 saturated heterocycles. The molecule has 1 radical (unpaired) electrons. The predicted molar refractivity (Wildman–Crippen MR) is 50.8 cm³/mol. The van der Waals surface area contributed by atoms with Gasteiger partial charge in [0.05, 0.1) is 15.7 Å². The summed E-state index contributed by atoms with van der Waals surface area (Å²) in [4.78, 5) is 27.1. The van der Waals surface area contributed by atoms with Crippen LogP contribution in [0.15, 0.2) is 0 Å². The Hall–Kier alpha value is -0.346. The van der Waals surface area contributed by atoms with Crippen molar-refractivity contribution in [2.45, 2.75) is 0 Å². The second kappa shape index (κ2) is 17.7. The number of rotatable bonds is 0. The average Bonchev–Trinajstić information content (AvgIpc) is 1.54. The Balaban J connectivity index is -0.0000000450. The van der Waals surface area contributed by atoms with Gasteiger partial charge in [-0.2, -0.15) is 0 Å². The van der Waals surface area contributed by atoms with Gasteiger partial charge in [-0.3, -0.25) is 0 Å². The minimum atomic E-state index is -0.750. The molecule has 0 aliphatic heterocycles. The first-order valence-corrected chi connectivity index (χ1v) is 3.32. The van der Waals surface area contributed by atoms with Crippen LogP contribution in [0.25, 0.3) is 0 Å². The maximum atomic E-state index is 9.04. The van der Waals surface area contributed by atoms with Crippen LogP contribution in [0, 0.1) is 0 Å². The molecule has 0 fully saturated rings. The van der Waals surface area contributed by atoms with Crippen molar-refractivity contribution in [2.75, 3.05) is 0 Å². The third kappa shape index (κ3) is 9100. The average molecular weight is 279 g/mol. The van der Waals surface area contributed by atoms with Gasteiger partial charge >= 0.3 is 0 Å². The van der Waals surface area contributed by atoms with E-state index >= 15 is 0 Å². The molecule has 0 heterocycles. The van der Waals surface area contributed by atoms with Crippen LogP contribution < -0.4 is 17.2 Å². The van der Waals surface area contributed by atoms with E-state index in [0.29, 0.717) is 0 Å². The molecule has 0 atom stereocenters. The molecule has 13 heavy (non-hydrogen) atoms. The Kier molecular flexibility index (Phi) is 31.2. The van der Waals surface area contributed by atoms with E-state index in [1.165, 1.54) is 0 Å². The van der Waals surface area contributed by atoms with Crippen molar-refractivity contribution < 1.29 is 32.9 Å². The summed E-state index contributed by atoms with van der Waals surface area (Å²) >= 11 is 11.3. The fourth-order valence-electron chi connectivity index (χ4n) is 0. The van der Waals surface area contributed by atoms with E-state index in [-0.39, 0.29) is 18.6 Å². The standard InChI is InChI=1S/3CH3NOS.V/c3*2-1(3)4;/h3*(H3,2,3,4);/p-3. The smallest absolute Gasteiger partial charge is 0.0954 e. The molecule has 77 valence electrons. The second-order valence-corrected chi connectivity index (χ2v) is 2.16. The number of carbonyl (C=O) groups is 3. The first-order valence-electron chi connectivity index (χ1n) is 2.09. The van der Waals surface area contributed by atoms with E-state index in [4.69, 9.17) is 14.4 Å². The van der Waals surface area contributed by atoms with E-state index in [1.54, 1.807) is 0 Å². The third-order valence-electron chi connectivity index (χ3n) is 0. The van der Waals surface area contributed by atoms with Gasteiger partial charge in [0.25, 0.3) is 0 Å². The summed E-state index contributed by atoms with van der Waals surface area (Å²) in [6.07, 6.45) is 0. The minimum Gasteiger partial charge on any atom is -0.719 e. The maximum absolute atomic E-state index is 9.04. The van der Waals surface area contributed by atoms with Gasteiger partial charge in [-0.05, 0) is 0 Å². The molecular formula is C3H6N3O3S3V-3. The Morgan fingerprint density at radius 3 is 0.692 bits per heavy atom. The van der Waals surface area contributed by atoms with Crippen LogP contribution in [0.3, 0.4) is 0 Å². The molecule has 0 rings (SSSR count). The summed E-state index contributed by atoms with van der Waals surface area (Å²) in [5, 5.41) is -2.25. The van der Waals surface area contributed by atoms with Crippen LogP contribution in [0.5, 0.6) is 0 Å². The van der Waals surface area contributed by atoms with Gasteiger partial charge in [-0.25, -0.2) is 0 Å². The molecule has 3 amide bonds. The zero-order chi connectivity index (χ0) is 10.7. The first kappa shape index (κ1) is 22.9. The zero-order valence-corrected chi connectivity index (χ0v) is 9.97. The fourth-order valence-corrected chi connectivity index (χ4v) is 0. The molecular weight excluding hydrogens is 273 g/mol. The molecule has 0 aromatic rings. The fraction of sp³-hybridized carbons (Fsp3) is 0. The molecule has 0 unspecified atom stereocenters. The molecule has 0 saturated carbocycles. The van der Waals surface area contributed by atoms with Gasteiger partial charge in [0.2, 0.25) is 0 Å². The molecule has 0 aliphatic carbocycles. The van der Waals surface area contributed by atoms with Crippen LogP contribution in [-0.4, -0.2) is 15.7 Å². The first-order chi connectivity index (χ1) is 5.20. The summed E-state index contributed by atoms with van der Waals surface area (Å²) < 4.78 is 0. The topological polar surface area (TPSA) is 129 Å². The summed E-state index contributed by atoms with van der Waals surface area (Å²) in [7, 11) is 0. The Morgan fingerprint density at radius 2 is 0.692 bits per heavy atom. The van der Waals surface area contributed by atoms with Gasteiger partial charge in [0.15, 0.2) is 0 Å². The van der Waals surface area contributed by atoms with E-state index in [1.807, 2.05) is 0 Å². The molecule has 0 aliphatic rings. The molecule has 6 N–H and O–H groups in total. The second-order valence-electron chi connectivity index (χ2n) is 0.957. The minimum absolute atomic E-state index is 0. The molecule has 0 bridgehead atoms. The predicted octanol–water partition coefficient (Wildman–Crippen LogP) is -1.17. The quantitative estimate of drug-likeness (QED) is 0.479. The van der Waals surface area contributed by atoms with E-state index < -0.39 is 15.7 Å². The normalized spacial score (nSPS) is 5.54. The van der Waals surface area contributed by atoms with Crippen molar-refractivity contribution in [2.24, 2.45) is 17.2 Å². The monoisotopic (exact) mass is 279 g/mol. The Morgan fingerprint density at radius 1 is 0.692 bits per heavy atom. The van der Waals surface area contributed by atoms with E-state index in [0.717, 1.165) is 0 Å². The number of hydrogen-bond acceptors (Lipinski definition) is 6. The number of amides is 3. The Bertz CT molecular complexity index is 127. The van der Waals surface area contributed by atoms with Crippen LogP contribution in [-0.2, 0) is 56.4 Å². The molecule has 0 aromatic carbocycles. The molecule has 6 nitrogen and oxygen atoms in total. The summed E-state index contributed by atoms with van der Waals surface area (Å²) in [6.45, 7) is 0. The van der Waals surface area contributed by atoms with E-state index in [9.17, 15) is 0 Å². The van der Waals surface area contributed by atoms with Gasteiger partial charge in [0.1, 0.15) is 0 Å². The van der Waals surface area contributed by atoms with Crippen LogP contribution in [0.2, 0.25) is 0 Å². The molecule has 0 spiro atoms. The maximum Gasteiger partial charge on any atom is 0.0954 e. The molecule has 0 aromatic heterocycles. The van der Waals surface area contributed by atoms with E-state index in [2.05, 4.69) is 55.1 Å². The number of hydrogen-bond donors (Lipinski definition) is 3. The number of nitrogens with two attached hydrogens (primary N) is 3. The van der Waals surface area contributed by atoms with Crippen molar-refractivity contribution >= 4 is 53.6 Å². The summed E-state index contributed by atoms with van der Waals surface area (Å²) in [5.41, 5.74) is 12.9. The zero-order valence-electron chi connectivity index (χ0n) is 6.13. The van der Waals surface area contributed by atoms with Crippen molar-refractivity contribution in [3.8, 4) is 0 Å². The van der Waals surface area contributed by atoms with Gasteiger partial charge < -0.3 is 69.5 Å². The number of primary amides is 3. The largest absolute Gasteiger partial charge is 0.719 e. The summed E-state index contributed by atoms with van der Waals surface area (Å²) in [5.74, 6) is 0. The van der Waals surface area contributed by atoms with Gasteiger partial charge in [0, 0.05) is 18.6 Å². The number of carbonyl (C=O) groups excluding carboxylic acids is 3. The third-order valence-corrected chi connectivity index (χ3v) is 0. The van der Waals surface area contributed by atoms with Crippen molar-refractivity contribution in [1.29, 1.82) is 0 Å². The van der Waals surface area contributed by atoms with Crippen molar-refractivity contribution in [3.63, 3.8) is 0 Å². The van der Waals surface area contributed by atoms with Crippen LogP contribution in [0.4, 0.5) is 14.4 Å². The van der Waals surface area contributed by atoms with Crippen LogP contribution >= 0.6 is 0 Å². The van der Waals surface area contributed by atoms with Gasteiger partial charge in [-0.1, -0.05) is 0 Å². The van der Waals surface area contributed by atoms with Crippen LogP contribution in [0.1, 0.15) is 0 Å². The van der Waals surface area contributed by atoms with Crippen molar-refractivity contribution in [1.82, 2.24) is 0 Å². The van der Waals surface area contributed by atoms with Gasteiger partial charge in [-0.15, -0.1) is 0 Å². The van der Waals surface area contributed by atoms with Crippen molar-refractivity contribution in [3.05, 3.63) is 0 Å².